The fraction of sp³-hybridized carbons (Fsp3) is 0.200. The van der Waals surface area contributed by atoms with Crippen LogP contribution in [-0.4, -0.2) is 25.0 Å². The van der Waals surface area contributed by atoms with Gasteiger partial charge in [0.2, 0.25) is 5.78 Å². The van der Waals surface area contributed by atoms with Crippen LogP contribution in [-0.2, 0) is 9.53 Å². The second-order valence-corrected chi connectivity index (χ2v) is 5.74. The van der Waals surface area contributed by atoms with Crippen molar-refractivity contribution in [3.05, 3.63) is 64.9 Å². The molecule has 25 heavy (non-hydrogen) atoms. The molecule has 0 aromatic heterocycles. The first-order valence-corrected chi connectivity index (χ1v) is 7.88. The molecule has 5 nitrogen and oxygen atoms in total. The quantitative estimate of drug-likeness (QED) is 0.630. The van der Waals surface area contributed by atoms with E-state index in [0.29, 0.717) is 17.1 Å². The van der Waals surface area contributed by atoms with E-state index < -0.39 is 12.1 Å². The van der Waals surface area contributed by atoms with E-state index in [0.717, 1.165) is 11.1 Å². The van der Waals surface area contributed by atoms with Crippen molar-refractivity contribution in [2.75, 3.05) is 7.11 Å². The molecule has 2 aromatic rings. The highest BCUT2D eigenvalue weighted by molar-refractivity contribution is 6.14. The molecule has 0 bridgehead atoms. The molecule has 1 atom stereocenters. The molecule has 0 saturated heterocycles. The first kappa shape index (κ1) is 16.8. The summed E-state index contributed by atoms with van der Waals surface area (Å²) >= 11 is 0. The van der Waals surface area contributed by atoms with Gasteiger partial charge in [-0.25, -0.2) is 4.79 Å². The minimum atomic E-state index is -0.748. The molecule has 0 aliphatic carbocycles. The van der Waals surface area contributed by atoms with Gasteiger partial charge < -0.3 is 14.2 Å². The lowest BCUT2D eigenvalue weighted by Crippen LogP contribution is -2.24. The van der Waals surface area contributed by atoms with Crippen LogP contribution in [0.1, 0.15) is 28.4 Å². The Morgan fingerprint density at radius 1 is 1.20 bits per heavy atom. The number of Topliss-reactive ketones (excluding diaryl/α,β-unsaturated/α-hetero) is 1. The number of aryl methyl sites for hydroxylation is 1. The minimum absolute atomic E-state index is 0.175. The minimum Gasteiger partial charge on any atom is -0.479 e. The number of allylic oxidation sites excluding steroid dienone is 1. The average Bonchev–Trinajstić information content (AvgIpc) is 2.91. The van der Waals surface area contributed by atoms with Crippen LogP contribution in [0.2, 0.25) is 0 Å². The predicted octanol–water partition coefficient (Wildman–Crippen LogP) is 3.55. The van der Waals surface area contributed by atoms with Crippen molar-refractivity contribution in [1.82, 2.24) is 0 Å². The Morgan fingerprint density at radius 2 is 1.96 bits per heavy atom. The number of rotatable bonds is 4. The molecule has 0 saturated carbocycles. The van der Waals surface area contributed by atoms with Crippen molar-refractivity contribution in [3.8, 4) is 11.5 Å². The fourth-order valence-corrected chi connectivity index (χ4v) is 2.55. The molecule has 0 N–H and O–H groups in total. The van der Waals surface area contributed by atoms with E-state index in [1.165, 1.54) is 7.11 Å². The lowest BCUT2D eigenvalue weighted by Gasteiger charge is -2.12. The molecular formula is C20H18O5. The van der Waals surface area contributed by atoms with Crippen molar-refractivity contribution in [2.45, 2.75) is 20.0 Å². The zero-order valence-corrected chi connectivity index (χ0v) is 14.2. The summed E-state index contributed by atoms with van der Waals surface area (Å²) in [6, 6.07) is 12.6. The Balaban J connectivity index is 1.84. The molecule has 2 aromatic carbocycles. The molecule has 0 spiro atoms. The van der Waals surface area contributed by atoms with Gasteiger partial charge in [0, 0.05) is 6.07 Å². The van der Waals surface area contributed by atoms with Gasteiger partial charge in [-0.15, -0.1) is 0 Å². The van der Waals surface area contributed by atoms with Crippen LogP contribution in [0.5, 0.6) is 11.5 Å². The van der Waals surface area contributed by atoms with Crippen LogP contribution in [0.15, 0.2) is 48.2 Å². The van der Waals surface area contributed by atoms with E-state index in [1.807, 2.05) is 31.2 Å². The van der Waals surface area contributed by atoms with Gasteiger partial charge in [0.25, 0.3) is 0 Å². The Bertz CT molecular complexity index is 866. The van der Waals surface area contributed by atoms with Crippen molar-refractivity contribution in [2.24, 2.45) is 0 Å². The summed E-state index contributed by atoms with van der Waals surface area (Å²) in [6.07, 6.45) is 0.983. The van der Waals surface area contributed by atoms with E-state index in [2.05, 4.69) is 4.74 Å². The fourth-order valence-electron chi connectivity index (χ4n) is 2.55. The molecule has 0 radical (unpaired) electrons. The maximum atomic E-state index is 12.5. The molecule has 0 fully saturated rings. The van der Waals surface area contributed by atoms with E-state index >= 15 is 0 Å². The molecule has 128 valence electrons. The highest BCUT2D eigenvalue weighted by atomic mass is 16.6. The van der Waals surface area contributed by atoms with E-state index in [4.69, 9.17) is 9.47 Å². The number of fused-ring (bicyclic) bond motifs is 1. The second kappa shape index (κ2) is 6.81. The molecule has 0 amide bonds. The SMILES string of the molecule is COC(=O)[C@@H](C)Oc1ccc2c(c1)O/C(=C/c1ccccc1C)C2=O. The number of carbonyl (C=O) groups is 2. The zero-order valence-electron chi connectivity index (χ0n) is 14.2. The van der Waals surface area contributed by atoms with Crippen LogP contribution in [0.3, 0.4) is 0 Å². The smallest absolute Gasteiger partial charge is 0.346 e. The number of hydrogen-bond acceptors (Lipinski definition) is 5. The Labute approximate surface area is 145 Å². The molecule has 0 unspecified atom stereocenters. The third kappa shape index (κ3) is 3.40. The summed E-state index contributed by atoms with van der Waals surface area (Å²) in [5.41, 5.74) is 2.45. The summed E-state index contributed by atoms with van der Waals surface area (Å²) in [4.78, 5) is 23.9. The zero-order chi connectivity index (χ0) is 18.0. The Kier molecular flexibility index (Phi) is 4.57. The van der Waals surface area contributed by atoms with E-state index in [1.54, 1.807) is 31.2 Å². The van der Waals surface area contributed by atoms with Crippen LogP contribution in [0.25, 0.3) is 6.08 Å². The average molecular weight is 338 g/mol. The maximum Gasteiger partial charge on any atom is 0.346 e. The molecule has 1 aliphatic heterocycles. The number of benzene rings is 2. The number of methoxy groups -OCH3 is 1. The normalized spacial score (nSPS) is 15.5. The van der Waals surface area contributed by atoms with Crippen molar-refractivity contribution >= 4 is 17.8 Å². The van der Waals surface area contributed by atoms with E-state index in [-0.39, 0.29) is 11.5 Å². The van der Waals surface area contributed by atoms with Gasteiger partial charge in [0.05, 0.1) is 12.7 Å². The lowest BCUT2D eigenvalue weighted by atomic mass is 10.1. The molecular weight excluding hydrogens is 320 g/mol. The van der Waals surface area contributed by atoms with Gasteiger partial charge in [0.15, 0.2) is 11.9 Å². The monoisotopic (exact) mass is 338 g/mol. The van der Waals surface area contributed by atoms with Crippen LogP contribution >= 0.6 is 0 Å². The van der Waals surface area contributed by atoms with Gasteiger partial charge in [0.1, 0.15) is 11.5 Å². The first-order valence-electron chi connectivity index (χ1n) is 7.88. The van der Waals surface area contributed by atoms with E-state index in [9.17, 15) is 9.59 Å². The van der Waals surface area contributed by atoms with Crippen LogP contribution in [0.4, 0.5) is 0 Å². The molecule has 3 rings (SSSR count). The van der Waals surface area contributed by atoms with Gasteiger partial charge in [-0.05, 0) is 43.2 Å². The summed E-state index contributed by atoms with van der Waals surface area (Å²) in [5.74, 6) is 0.465. The third-order valence-corrected chi connectivity index (χ3v) is 3.96. The first-order chi connectivity index (χ1) is 12.0. The van der Waals surface area contributed by atoms with Gasteiger partial charge in [-0.3, -0.25) is 4.79 Å². The number of ether oxygens (including phenoxy) is 3. The number of ketones is 1. The van der Waals surface area contributed by atoms with Crippen LogP contribution in [0, 0.1) is 6.92 Å². The Morgan fingerprint density at radius 3 is 2.68 bits per heavy atom. The topological polar surface area (TPSA) is 61.8 Å². The van der Waals surface area contributed by atoms with Crippen LogP contribution < -0.4 is 9.47 Å². The molecule has 1 aliphatic rings. The summed E-state index contributed by atoms with van der Waals surface area (Å²) < 4.78 is 15.8. The summed E-state index contributed by atoms with van der Waals surface area (Å²) in [6.45, 7) is 3.56. The van der Waals surface area contributed by atoms with Gasteiger partial charge in [-0.1, -0.05) is 24.3 Å². The van der Waals surface area contributed by atoms with Gasteiger partial charge >= 0.3 is 5.97 Å². The largest absolute Gasteiger partial charge is 0.479 e. The highest BCUT2D eigenvalue weighted by Crippen LogP contribution is 2.35. The lowest BCUT2D eigenvalue weighted by molar-refractivity contribution is -0.147. The standard InChI is InChI=1S/C20H18O5/c1-12-6-4-5-7-14(12)10-18-19(21)16-9-8-15(11-17(16)25-18)24-13(2)20(22)23-3/h4-11,13H,1-3H3/b18-10+/t13-/m1/s1. The maximum absolute atomic E-state index is 12.5. The highest BCUT2D eigenvalue weighted by Gasteiger charge is 2.28. The number of esters is 1. The molecule has 5 heteroatoms. The van der Waals surface area contributed by atoms with Gasteiger partial charge in [-0.2, -0.15) is 0 Å². The predicted molar refractivity (Wildman–Crippen MR) is 92.7 cm³/mol. The second-order valence-electron chi connectivity index (χ2n) is 5.74. The number of hydrogen-bond donors (Lipinski definition) is 0. The summed E-state index contributed by atoms with van der Waals surface area (Å²) in [5, 5.41) is 0. The Hall–Kier alpha value is -3.08. The van der Waals surface area contributed by atoms with Crippen molar-refractivity contribution < 1.29 is 23.8 Å². The third-order valence-electron chi connectivity index (χ3n) is 3.96. The number of carbonyl (C=O) groups excluding carboxylic acids is 2. The summed E-state index contributed by atoms with van der Waals surface area (Å²) in [7, 11) is 1.30. The van der Waals surface area contributed by atoms with Crippen molar-refractivity contribution in [1.29, 1.82) is 0 Å². The van der Waals surface area contributed by atoms with Crippen molar-refractivity contribution in [3.63, 3.8) is 0 Å². The molecule has 1 heterocycles.